The first-order valence-corrected chi connectivity index (χ1v) is 14.9. The second-order valence-corrected chi connectivity index (χ2v) is 10.6. The van der Waals surface area contributed by atoms with Gasteiger partial charge in [-0.25, -0.2) is 0 Å². The summed E-state index contributed by atoms with van der Waals surface area (Å²) in [5, 5.41) is 11.6. The molecule has 1 amide bonds. The van der Waals surface area contributed by atoms with Gasteiger partial charge in [0.05, 0.1) is 25.3 Å². The van der Waals surface area contributed by atoms with E-state index in [2.05, 4.69) is 6.92 Å². The molecule has 0 spiro atoms. The number of ketones is 1. The van der Waals surface area contributed by atoms with E-state index in [4.69, 9.17) is 14.2 Å². The summed E-state index contributed by atoms with van der Waals surface area (Å²) in [5.74, 6) is -0.0806. The number of carbonyl (C=O) groups is 2. The van der Waals surface area contributed by atoms with Crippen LogP contribution in [-0.2, 0) is 22.6 Å². The first kappa shape index (κ1) is 30.4. The first-order chi connectivity index (χ1) is 21.5. The maximum Gasteiger partial charge on any atom is 0.295 e. The number of hydrogen-bond acceptors (Lipinski definition) is 6. The van der Waals surface area contributed by atoms with Crippen molar-refractivity contribution in [2.45, 2.75) is 38.8 Å². The topological polar surface area (TPSA) is 85.3 Å². The lowest BCUT2D eigenvalue weighted by atomic mass is 9.94. The van der Waals surface area contributed by atoms with Crippen LogP contribution in [0.2, 0.25) is 0 Å². The number of rotatable bonds is 13. The Labute approximate surface area is 258 Å². The molecule has 1 fully saturated rings. The van der Waals surface area contributed by atoms with Crippen LogP contribution in [0.3, 0.4) is 0 Å². The largest absolute Gasteiger partial charge is 0.507 e. The van der Waals surface area contributed by atoms with E-state index in [1.807, 2.05) is 66.7 Å². The number of benzene rings is 4. The van der Waals surface area contributed by atoms with Crippen molar-refractivity contribution in [2.24, 2.45) is 0 Å². The van der Waals surface area contributed by atoms with Crippen molar-refractivity contribution in [3.8, 4) is 17.2 Å². The van der Waals surface area contributed by atoms with E-state index in [-0.39, 0.29) is 17.9 Å². The standard InChI is InChI=1S/C37H37NO6/c1-3-4-22-43-30-17-11-16-29(23-30)35(39)33-34(38(37(41)36(33)40)21-20-26-12-7-5-8-13-26)28-18-19-31(32(24-28)42-2)44-25-27-14-9-6-10-15-27/h5-19,23-24,34,39H,3-4,20-22,25H2,1-2H3/b35-33+. The smallest absolute Gasteiger partial charge is 0.295 e. The Balaban J connectivity index is 1.52. The lowest BCUT2D eigenvalue weighted by Crippen LogP contribution is -2.31. The maximum atomic E-state index is 13.6. The van der Waals surface area contributed by atoms with E-state index < -0.39 is 17.7 Å². The van der Waals surface area contributed by atoms with Gasteiger partial charge in [0.25, 0.3) is 11.7 Å². The summed E-state index contributed by atoms with van der Waals surface area (Å²) in [6.45, 7) is 3.26. The lowest BCUT2D eigenvalue weighted by molar-refractivity contribution is -0.139. The normalized spacial score (nSPS) is 15.8. The summed E-state index contributed by atoms with van der Waals surface area (Å²) in [5.41, 5.74) is 3.09. The fourth-order valence-corrected chi connectivity index (χ4v) is 5.28. The number of unbranched alkanes of at least 4 members (excludes halogenated alkanes) is 1. The van der Waals surface area contributed by atoms with Gasteiger partial charge in [0.1, 0.15) is 18.1 Å². The molecular formula is C37H37NO6. The predicted molar refractivity (Wildman–Crippen MR) is 170 cm³/mol. The number of aliphatic hydroxyl groups excluding tert-OH is 1. The monoisotopic (exact) mass is 591 g/mol. The van der Waals surface area contributed by atoms with Gasteiger partial charge in [0, 0.05) is 12.1 Å². The van der Waals surface area contributed by atoms with Crippen molar-refractivity contribution in [2.75, 3.05) is 20.3 Å². The van der Waals surface area contributed by atoms with Crippen LogP contribution < -0.4 is 14.2 Å². The van der Waals surface area contributed by atoms with Crippen molar-refractivity contribution in [3.63, 3.8) is 0 Å². The molecule has 7 nitrogen and oxygen atoms in total. The molecule has 7 heteroatoms. The van der Waals surface area contributed by atoms with Crippen LogP contribution in [-0.4, -0.2) is 42.0 Å². The van der Waals surface area contributed by atoms with Crippen LogP contribution in [0.15, 0.2) is 109 Å². The number of methoxy groups -OCH3 is 1. The van der Waals surface area contributed by atoms with Gasteiger partial charge in [0.15, 0.2) is 11.5 Å². The van der Waals surface area contributed by atoms with Crippen molar-refractivity contribution >= 4 is 17.4 Å². The molecule has 0 aromatic heterocycles. The van der Waals surface area contributed by atoms with Gasteiger partial charge in [-0.2, -0.15) is 0 Å². The molecule has 226 valence electrons. The van der Waals surface area contributed by atoms with Crippen LogP contribution in [0, 0.1) is 0 Å². The molecule has 0 bridgehead atoms. The second-order valence-electron chi connectivity index (χ2n) is 10.6. The highest BCUT2D eigenvalue weighted by atomic mass is 16.5. The summed E-state index contributed by atoms with van der Waals surface area (Å²) in [6.07, 6.45) is 2.43. The van der Waals surface area contributed by atoms with Gasteiger partial charge >= 0.3 is 0 Å². The maximum absolute atomic E-state index is 13.6. The molecule has 1 N–H and O–H groups in total. The summed E-state index contributed by atoms with van der Waals surface area (Å²) in [7, 11) is 1.55. The highest BCUT2D eigenvalue weighted by Crippen LogP contribution is 2.42. The number of likely N-dealkylation sites (tertiary alicyclic amines) is 1. The van der Waals surface area contributed by atoms with Gasteiger partial charge < -0.3 is 24.2 Å². The molecule has 5 rings (SSSR count). The molecule has 1 atom stereocenters. The minimum Gasteiger partial charge on any atom is -0.507 e. The first-order valence-electron chi connectivity index (χ1n) is 14.9. The molecule has 0 radical (unpaired) electrons. The van der Waals surface area contributed by atoms with Crippen molar-refractivity contribution in [3.05, 3.63) is 131 Å². The van der Waals surface area contributed by atoms with E-state index in [0.717, 1.165) is 24.0 Å². The van der Waals surface area contributed by atoms with Crippen LogP contribution in [0.25, 0.3) is 5.76 Å². The van der Waals surface area contributed by atoms with Gasteiger partial charge in [-0.3, -0.25) is 9.59 Å². The van der Waals surface area contributed by atoms with Gasteiger partial charge in [0.2, 0.25) is 0 Å². The van der Waals surface area contributed by atoms with Gasteiger partial charge in [-0.05, 0) is 53.8 Å². The summed E-state index contributed by atoms with van der Waals surface area (Å²) >= 11 is 0. The van der Waals surface area contributed by atoms with E-state index in [9.17, 15) is 14.7 Å². The summed E-state index contributed by atoms with van der Waals surface area (Å²) in [6, 6.07) is 31.1. The molecular weight excluding hydrogens is 554 g/mol. The van der Waals surface area contributed by atoms with Crippen LogP contribution in [0.1, 0.15) is 48.1 Å². The highest BCUT2D eigenvalue weighted by molar-refractivity contribution is 6.46. The third kappa shape index (κ3) is 6.94. The average molecular weight is 592 g/mol. The Hall–Kier alpha value is -5.04. The minimum atomic E-state index is -0.833. The third-order valence-electron chi connectivity index (χ3n) is 7.64. The highest BCUT2D eigenvalue weighted by Gasteiger charge is 2.46. The zero-order valence-electron chi connectivity index (χ0n) is 25.1. The average Bonchev–Trinajstić information content (AvgIpc) is 3.32. The SMILES string of the molecule is CCCCOc1cccc(/C(O)=C2\C(=O)C(=O)N(CCc3ccccc3)C2c2ccc(OCc3ccccc3)c(OC)c2)c1. The lowest BCUT2D eigenvalue weighted by Gasteiger charge is -2.26. The number of Topliss-reactive ketones (excluding diaryl/α,β-unsaturated/α-hetero) is 1. The van der Waals surface area contributed by atoms with Crippen molar-refractivity contribution in [1.82, 2.24) is 4.90 Å². The fourth-order valence-electron chi connectivity index (χ4n) is 5.28. The minimum absolute atomic E-state index is 0.0220. The number of carbonyl (C=O) groups excluding carboxylic acids is 2. The number of nitrogens with zero attached hydrogens (tertiary/aromatic N) is 1. The van der Waals surface area contributed by atoms with Crippen LogP contribution in [0.5, 0.6) is 17.2 Å². The molecule has 4 aromatic rings. The Bertz CT molecular complexity index is 1620. The molecule has 1 unspecified atom stereocenters. The molecule has 44 heavy (non-hydrogen) atoms. The Morgan fingerprint density at radius 2 is 1.55 bits per heavy atom. The van der Waals surface area contributed by atoms with E-state index >= 15 is 0 Å². The number of amides is 1. The number of ether oxygens (including phenoxy) is 3. The van der Waals surface area contributed by atoms with Crippen LogP contribution >= 0.6 is 0 Å². The summed E-state index contributed by atoms with van der Waals surface area (Å²) in [4.78, 5) is 28.7. The molecule has 1 heterocycles. The fraction of sp³-hybridized carbons (Fsp3) is 0.243. The molecule has 1 aliphatic rings. The van der Waals surface area contributed by atoms with Gasteiger partial charge in [-0.1, -0.05) is 92.2 Å². The van der Waals surface area contributed by atoms with Gasteiger partial charge in [-0.15, -0.1) is 0 Å². The molecule has 1 saturated heterocycles. The zero-order chi connectivity index (χ0) is 30.9. The second kappa shape index (κ2) is 14.4. The zero-order valence-corrected chi connectivity index (χ0v) is 25.1. The predicted octanol–water partition coefficient (Wildman–Crippen LogP) is 7.12. The van der Waals surface area contributed by atoms with Crippen molar-refractivity contribution in [1.29, 1.82) is 0 Å². The molecule has 0 aliphatic carbocycles. The van der Waals surface area contributed by atoms with Crippen LogP contribution in [0.4, 0.5) is 0 Å². The molecule has 4 aromatic carbocycles. The Morgan fingerprint density at radius 3 is 2.25 bits per heavy atom. The summed E-state index contributed by atoms with van der Waals surface area (Å²) < 4.78 is 17.6. The Morgan fingerprint density at radius 1 is 0.818 bits per heavy atom. The van der Waals surface area contributed by atoms with E-state index in [0.29, 0.717) is 48.0 Å². The molecule has 1 aliphatic heterocycles. The number of hydrogen-bond donors (Lipinski definition) is 1. The van der Waals surface area contributed by atoms with E-state index in [1.54, 1.807) is 43.5 Å². The number of aliphatic hydroxyl groups is 1. The Kier molecular flexibility index (Phi) is 9.97. The molecule has 0 saturated carbocycles. The third-order valence-corrected chi connectivity index (χ3v) is 7.64. The van der Waals surface area contributed by atoms with E-state index in [1.165, 1.54) is 4.90 Å². The van der Waals surface area contributed by atoms with Crippen molar-refractivity contribution < 1.29 is 28.9 Å². The quantitative estimate of drug-likeness (QED) is 0.0772.